The van der Waals surface area contributed by atoms with Gasteiger partial charge in [-0.25, -0.2) is 9.84 Å². The van der Waals surface area contributed by atoms with Crippen LogP contribution in [0.15, 0.2) is 41.5 Å². The van der Waals surface area contributed by atoms with E-state index >= 15 is 8.78 Å². The van der Waals surface area contributed by atoms with Crippen LogP contribution in [0.25, 0.3) is 4.85 Å². The molecule has 4 heterocycles. The molecule has 8 nitrogen and oxygen atoms in total. The van der Waals surface area contributed by atoms with Gasteiger partial charge in [0.25, 0.3) is 6.02 Å². The monoisotopic (exact) mass is 468 g/mol. The average Bonchev–Trinajstić information content (AvgIpc) is 2.83. The first-order valence-corrected chi connectivity index (χ1v) is 10.9. The van der Waals surface area contributed by atoms with E-state index in [4.69, 9.17) is 26.5 Å². The van der Waals surface area contributed by atoms with Crippen LogP contribution in [0, 0.1) is 6.57 Å². The van der Waals surface area contributed by atoms with E-state index in [2.05, 4.69) is 14.8 Å². The van der Waals surface area contributed by atoms with Crippen molar-refractivity contribution in [3.63, 3.8) is 0 Å². The van der Waals surface area contributed by atoms with Crippen LogP contribution < -0.4 is 10.5 Å². The Morgan fingerprint density at radius 3 is 2.79 bits per heavy atom. The molecular formula is C24H22F2N4O4. The van der Waals surface area contributed by atoms with Crippen molar-refractivity contribution in [2.24, 2.45) is 10.7 Å². The molecule has 0 amide bonds. The minimum absolute atomic E-state index is 0.0662. The zero-order valence-corrected chi connectivity index (χ0v) is 18.2. The number of nitrogens with zero attached hydrogens (tertiary/aromatic N) is 3. The van der Waals surface area contributed by atoms with E-state index in [1.807, 2.05) is 0 Å². The molecule has 0 bridgehead atoms. The minimum Gasteiger partial charge on any atom is -0.484 e. The van der Waals surface area contributed by atoms with E-state index in [0.29, 0.717) is 30.7 Å². The molecule has 1 fully saturated rings. The molecule has 1 aromatic heterocycles. The predicted molar refractivity (Wildman–Crippen MR) is 117 cm³/mol. The Morgan fingerprint density at radius 2 is 2.09 bits per heavy atom. The van der Waals surface area contributed by atoms with Crippen molar-refractivity contribution in [2.75, 3.05) is 19.8 Å². The third-order valence-corrected chi connectivity index (χ3v) is 6.51. The van der Waals surface area contributed by atoms with E-state index < -0.39 is 23.7 Å². The molecule has 0 aliphatic carbocycles. The fraction of sp³-hybridized carbons (Fsp3) is 0.417. The molecule has 34 heavy (non-hydrogen) atoms. The summed E-state index contributed by atoms with van der Waals surface area (Å²) in [4.78, 5) is 24.2. The fourth-order valence-corrected chi connectivity index (χ4v) is 4.88. The third kappa shape index (κ3) is 3.66. The maximum Gasteiger partial charge on any atom is 0.310 e. The molecule has 176 valence electrons. The lowest BCUT2D eigenvalue weighted by molar-refractivity contribution is -0.170. The number of carbonyl (C=O) groups excluding carboxylic acids is 1. The summed E-state index contributed by atoms with van der Waals surface area (Å²) in [7, 11) is 0. The second kappa shape index (κ2) is 8.02. The first kappa shape index (κ1) is 22.2. The Balaban J connectivity index is 1.55. The standard InChI is InChI=1S/C24H22F2N4O4/c1-28-16-4-5-18(29-11-16)19(31)10-15-3-6-20-17(9-15)23(24(25,26)14-33-21(27)30-23)12-22(34-20)7-2-8-32-13-22/h3-6,9,11H,2,7-8,10,12-14H2,(H2,27,30)/t22-,23-/m1/s1. The largest absolute Gasteiger partial charge is 0.484 e. The van der Waals surface area contributed by atoms with Gasteiger partial charge in [-0.1, -0.05) is 12.1 Å². The minimum atomic E-state index is -3.36. The predicted octanol–water partition coefficient (Wildman–Crippen LogP) is 3.56. The zero-order chi connectivity index (χ0) is 24.0. The molecule has 1 saturated heterocycles. The first-order valence-electron chi connectivity index (χ1n) is 10.9. The van der Waals surface area contributed by atoms with Crippen LogP contribution >= 0.6 is 0 Å². The van der Waals surface area contributed by atoms with Crippen molar-refractivity contribution in [2.45, 2.75) is 42.7 Å². The number of carbonyl (C=O) groups is 1. The van der Waals surface area contributed by atoms with E-state index in [9.17, 15) is 4.79 Å². The van der Waals surface area contributed by atoms with E-state index in [1.54, 1.807) is 12.1 Å². The van der Waals surface area contributed by atoms with E-state index in [-0.39, 0.29) is 48.3 Å². The number of hydrogen-bond donors (Lipinski definition) is 1. The van der Waals surface area contributed by atoms with Gasteiger partial charge in [0.05, 0.1) is 13.2 Å². The maximum absolute atomic E-state index is 15.6. The summed E-state index contributed by atoms with van der Waals surface area (Å²) in [5, 5.41) is 0. The molecule has 10 heteroatoms. The fourth-order valence-electron chi connectivity index (χ4n) is 4.88. The highest BCUT2D eigenvalue weighted by molar-refractivity contribution is 5.96. The Hall–Kier alpha value is -3.58. The van der Waals surface area contributed by atoms with Gasteiger partial charge < -0.3 is 19.9 Å². The zero-order valence-electron chi connectivity index (χ0n) is 18.2. The molecule has 2 N–H and O–H groups in total. The second-order valence-corrected chi connectivity index (χ2v) is 8.87. The van der Waals surface area contributed by atoms with E-state index in [1.165, 1.54) is 24.4 Å². The molecular weight excluding hydrogens is 446 g/mol. The van der Waals surface area contributed by atoms with Gasteiger partial charge in [0.2, 0.25) is 5.69 Å². The lowest BCUT2D eigenvalue weighted by atomic mass is 9.70. The summed E-state index contributed by atoms with van der Waals surface area (Å²) in [5.41, 5.74) is 4.02. The highest BCUT2D eigenvalue weighted by Crippen LogP contribution is 2.56. The number of amidine groups is 1. The number of aromatic nitrogens is 1. The lowest BCUT2D eigenvalue weighted by Crippen LogP contribution is -2.61. The van der Waals surface area contributed by atoms with Crippen molar-refractivity contribution in [3.8, 4) is 5.75 Å². The number of fused-ring (bicyclic) bond motifs is 2. The third-order valence-electron chi connectivity index (χ3n) is 6.51. The van der Waals surface area contributed by atoms with Crippen LogP contribution in [0.3, 0.4) is 0 Å². The van der Waals surface area contributed by atoms with Crippen molar-refractivity contribution in [1.29, 1.82) is 0 Å². The smallest absolute Gasteiger partial charge is 0.310 e. The van der Waals surface area contributed by atoms with Crippen molar-refractivity contribution in [3.05, 3.63) is 64.8 Å². The molecule has 2 spiro atoms. The highest BCUT2D eigenvalue weighted by atomic mass is 19.3. The highest BCUT2D eigenvalue weighted by Gasteiger charge is 2.65. The molecule has 0 radical (unpaired) electrons. The normalized spacial score (nSPS) is 27.1. The molecule has 0 unspecified atom stereocenters. The molecule has 0 saturated carbocycles. The number of hydrogen-bond acceptors (Lipinski definition) is 7. The van der Waals surface area contributed by atoms with Gasteiger partial charge in [-0.3, -0.25) is 9.78 Å². The van der Waals surface area contributed by atoms with Gasteiger partial charge in [-0.2, -0.15) is 8.78 Å². The molecule has 2 atom stereocenters. The van der Waals surface area contributed by atoms with Gasteiger partial charge in [-0.05, 0) is 36.6 Å². The second-order valence-electron chi connectivity index (χ2n) is 8.87. The Morgan fingerprint density at radius 1 is 1.24 bits per heavy atom. The van der Waals surface area contributed by atoms with Crippen molar-refractivity contribution >= 4 is 17.5 Å². The number of nitrogens with two attached hydrogens (primary N) is 1. The van der Waals surface area contributed by atoms with Gasteiger partial charge in [-0.15, -0.1) is 0 Å². The Kier molecular flexibility index (Phi) is 5.24. The van der Waals surface area contributed by atoms with Crippen LogP contribution in [0.5, 0.6) is 5.75 Å². The van der Waals surface area contributed by atoms with Gasteiger partial charge >= 0.3 is 5.92 Å². The molecule has 3 aliphatic heterocycles. The molecule has 3 aliphatic rings. The first-order chi connectivity index (χ1) is 16.3. The quantitative estimate of drug-likeness (QED) is 0.546. The number of halogens is 2. The maximum atomic E-state index is 15.6. The Bertz CT molecular complexity index is 1200. The van der Waals surface area contributed by atoms with Gasteiger partial charge in [0, 0.05) is 31.2 Å². The van der Waals surface area contributed by atoms with Crippen LogP contribution in [0.1, 0.15) is 40.9 Å². The van der Waals surface area contributed by atoms with Gasteiger partial charge in [0.1, 0.15) is 17.0 Å². The number of ketones is 1. The SMILES string of the molecule is [C-]#[N+]c1ccc(C(=O)Cc2ccc3c(c2)[C@@]2(C[C@@]4(CCCOC4)O3)N=C(N)OCC2(F)F)nc1. The summed E-state index contributed by atoms with van der Waals surface area (Å²) >= 11 is 0. The molecule has 1 aromatic carbocycles. The van der Waals surface area contributed by atoms with Crippen LogP contribution in [0.2, 0.25) is 0 Å². The van der Waals surface area contributed by atoms with E-state index in [0.717, 1.165) is 0 Å². The number of rotatable bonds is 3. The molecule has 2 aromatic rings. The summed E-state index contributed by atoms with van der Waals surface area (Å²) in [6.45, 7) is 6.81. The number of benzene rings is 1. The van der Waals surface area contributed by atoms with Crippen LogP contribution in [-0.4, -0.2) is 48.1 Å². The number of alkyl halides is 2. The average molecular weight is 468 g/mol. The number of Topliss-reactive ketones (excluding diaryl/α,β-unsaturated/α-hetero) is 1. The Labute approximate surface area is 194 Å². The summed E-state index contributed by atoms with van der Waals surface area (Å²) in [6, 6.07) is 7.48. The topological polar surface area (TPSA) is 100 Å². The lowest BCUT2D eigenvalue weighted by Gasteiger charge is -2.51. The van der Waals surface area contributed by atoms with Crippen molar-refractivity contribution < 1.29 is 27.8 Å². The summed E-state index contributed by atoms with van der Waals surface area (Å²) in [6.07, 6.45) is 2.36. The van der Waals surface area contributed by atoms with Crippen LogP contribution in [0.4, 0.5) is 14.5 Å². The van der Waals surface area contributed by atoms with Crippen LogP contribution in [-0.2, 0) is 21.4 Å². The number of aliphatic imine (C=N–C) groups is 1. The molecule has 5 rings (SSSR count). The number of ether oxygens (including phenoxy) is 3. The number of pyridine rings is 1. The summed E-state index contributed by atoms with van der Waals surface area (Å²) in [5.74, 6) is -3.40. The van der Waals surface area contributed by atoms with Gasteiger partial charge in [0.15, 0.2) is 17.9 Å². The summed E-state index contributed by atoms with van der Waals surface area (Å²) < 4.78 is 47.9. The van der Waals surface area contributed by atoms with Crippen molar-refractivity contribution in [1.82, 2.24) is 4.98 Å².